The molecule has 0 fully saturated rings. The number of nitrogens with zero attached hydrogens (tertiary/aromatic N) is 3. The van der Waals surface area contributed by atoms with Gasteiger partial charge in [-0.2, -0.15) is 5.10 Å². The Morgan fingerprint density at radius 3 is 1.42 bits per heavy atom. The average molecular weight is 414 g/mol. The van der Waals surface area contributed by atoms with Gasteiger partial charge in [-0.15, -0.1) is 0 Å². The van der Waals surface area contributed by atoms with E-state index < -0.39 is 0 Å². The molecular formula is C28H35N3. The fourth-order valence-electron chi connectivity index (χ4n) is 3.72. The summed E-state index contributed by atoms with van der Waals surface area (Å²) < 4.78 is 0. The van der Waals surface area contributed by atoms with Gasteiger partial charge in [-0.1, -0.05) is 50.2 Å². The van der Waals surface area contributed by atoms with Crippen molar-refractivity contribution in [2.45, 2.75) is 47.5 Å². The van der Waals surface area contributed by atoms with Crippen LogP contribution in [-0.2, 0) is 12.8 Å². The first-order chi connectivity index (χ1) is 15.1. The zero-order chi connectivity index (χ0) is 22.2. The molecule has 0 aliphatic heterocycles. The standard InChI is InChI=1S/C28H35N3/c1-6-23-10-16-27(17-11-23)31(28-18-12-24(7-2)13-19-28)29-22(5)25-14-20-26(21-15-25)30(8-3)9-4/h10-21H,6-9H2,1-5H3/b29-22-. The Balaban J connectivity index is 1.96. The number of hydrogen-bond donors (Lipinski definition) is 0. The SMILES string of the molecule is CCc1ccc(N(/N=C(/C)c2ccc(N(CC)CC)cc2)c2ccc(CC)cc2)cc1. The minimum absolute atomic E-state index is 0.991. The number of rotatable bonds is 9. The molecule has 3 heteroatoms. The van der Waals surface area contributed by atoms with Gasteiger partial charge in [0.2, 0.25) is 0 Å². The van der Waals surface area contributed by atoms with Crippen molar-refractivity contribution in [3.63, 3.8) is 0 Å². The molecule has 0 amide bonds. The Bertz CT molecular complexity index is 919. The molecule has 0 saturated carbocycles. The number of aryl methyl sites for hydroxylation is 2. The maximum absolute atomic E-state index is 5.05. The van der Waals surface area contributed by atoms with Crippen molar-refractivity contribution in [3.8, 4) is 0 Å². The van der Waals surface area contributed by atoms with E-state index in [9.17, 15) is 0 Å². The van der Waals surface area contributed by atoms with Gasteiger partial charge in [-0.25, -0.2) is 5.01 Å². The lowest BCUT2D eigenvalue weighted by molar-refractivity contribution is 0.866. The maximum Gasteiger partial charge on any atom is 0.0655 e. The Labute approximate surface area is 188 Å². The van der Waals surface area contributed by atoms with Crippen LogP contribution in [-0.4, -0.2) is 18.8 Å². The molecule has 0 spiro atoms. The third-order valence-corrected chi connectivity index (χ3v) is 5.84. The molecule has 0 unspecified atom stereocenters. The van der Waals surface area contributed by atoms with E-state index in [2.05, 4.69) is 112 Å². The molecule has 31 heavy (non-hydrogen) atoms. The van der Waals surface area contributed by atoms with Gasteiger partial charge in [-0.3, -0.25) is 0 Å². The minimum atomic E-state index is 0.991. The number of hydrazone groups is 1. The molecule has 3 aromatic rings. The van der Waals surface area contributed by atoms with Crippen molar-refractivity contribution in [3.05, 3.63) is 89.5 Å². The smallest absolute Gasteiger partial charge is 0.0655 e. The molecule has 3 nitrogen and oxygen atoms in total. The van der Waals surface area contributed by atoms with E-state index >= 15 is 0 Å². The summed E-state index contributed by atoms with van der Waals surface area (Å²) in [5.74, 6) is 0. The van der Waals surface area contributed by atoms with Gasteiger partial charge in [0.25, 0.3) is 0 Å². The molecule has 0 saturated heterocycles. The molecule has 0 aromatic heterocycles. The van der Waals surface area contributed by atoms with Crippen LogP contribution in [0, 0.1) is 0 Å². The summed E-state index contributed by atoms with van der Waals surface area (Å²) in [5.41, 5.74) is 8.18. The molecule has 0 aliphatic rings. The molecule has 3 aromatic carbocycles. The van der Waals surface area contributed by atoms with Crippen LogP contribution in [0.2, 0.25) is 0 Å². The first kappa shape index (κ1) is 22.6. The first-order valence-corrected chi connectivity index (χ1v) is 11.5. The van der Waals surface area contributed by atoms with Gasteiger partial charge in [0.1, 0.15) is 0 Å². The van der Waals surface area contributed by atoms with Crippen LogP contribution in [0.4, 0.5) is 17.1 Å². The molecule has 162 valence electrons. The second-order valence-electron chi connectivity index (χ2n) is 7.76. The van der Waals surface area contributed by atoms with Crippen molar-refractivity contribution in [1.82, 2.24) is 0 Å². The molecule has 0 heterocycles. The largest absolute Gasteiger partial charge is 0.372 e. The zero-order valence-corrected chi connectivity index (χ0v) is 19.6. The lowest BCUT2D eigenvalue weighted by atomic mass is 10.1. The van der Waals surface area contributed by atoms with Crippen molar-refractivity contribution in [1.29, 1.82) is 0 Å². The number of benzene rings is 3. The molecule has 0 aliphatic carbocycles. The third kappa shape index (κ3) is 5.55. The number of anilines is 3. The third-order valence-electron chi connectivity index (χ3n) is 5.84. The second kappa shape index (κ2) is 10.8. The first-order valence-electron chi connectivity index (χ1n) is 11.5. The van der Waals surface area contributed by atoms with Crippen LogP contribution in [0.25, 0.3) is 0 Å². The van der Waals surface area contributed by atoms with Gasteiger partial charge in [-0.05, 0) is 86.7 Å². The van der Waals surface area contributed by atoms with Gasteiger partial charge in [0.05, 0.1) is 17.1 Å². The fraction of sp³-hybridized carbons (Fsp3) is 0.321. The van der Waals surface area contributed by atoms with Crippen LogP contribution < -0.4 is 9.91 Å². The summed E-state index contributed by atoms with van der Waals surface area (Å²) in [4.78, 5) is 2.35. The average Bonchev–Trinajstić information content (AvgIpc) is 2.84. The lowest BCUT2D eigenvalue weighted by Gasteiger charge is -2.22. The highest BCUT2D eigenvalue weighted by Crippen LogP contribution is 2.28. The highest BCUT2D eigenvalue weighted by atomic mass is 15.5. The molecular weight excluding hydrogens is 378 g/mol. The topological polar surface area (TPSA) is 18.8 Å². The van der Waals surface area contributed by atoms with Crippen LogP contribution >= 0.6 is 0 Å². The van der Waals surface area contributed by atoms with E-state index in [0.29, 0.717) is 0 Å². The lowest BCUT2D eigenvalue weighted by Crippen LogP contribution is -2.21. The van der Waals surface area contributed by atoms with E-state index in [1.165, 1.54) is 16.8 Å². The molecule has 0 atom stereocenters. The quantitative estimate of drug-likeness (QED) is 0.272. The maximum atomic E-state index is 5.05. The predicted octanol–water partition coefficient (Wildman–Crippen LogP) is 7.22. The molecule has 3 rings (SSSR count). The summed E-state index contributed by atoms with van der Waals surface area (Å²) in [7, 11) is 0. The Morgan fingerprint density at radius 1 is 0.613 bits per heavy atom. The molecule has 0 radical (unpaired) electrons. The van der Waals surface area contributed by atoms with Gasteiger partial charge < -0.3 is 4.90 Å². The number of hydrogen-bond acceptors (Lipinski definition) is 3. The Morgan fingerprint density at radius 2 is 1.03 bits per heavy atom. The summed E-state index contributed by atoms with van der Waals surface area (Å²) in [5, 5.41) is 7.10. The van der Waals surface area contributed by atoms with E-state index in [4.69, 9.17) is 5.10 Å². The van der Waals surface area contributed by atoms with Crippen LogP contribution in [0.1, 0.15) is 51.3 Å². The summed E-state index contributed by atoms with van der Waals surface area (Å²) in [6.45, 7) is 12.8. The van der Waals surface area contributed by atoms with Gasteiger partial charge >= 0.3 is 0 Å². The van der Waals surface area contributed by atoms with E-state index in [-0.39, 0.29) is 0 Å². The van der Waals surface area contributed by atoms with Gasteiger partial charge in [0, 0.05) is 18.8 Å². The predicted molar refractivity (Wildman–Crippen MR) is 136 cm³/mol. The monoisotopic (exact) mass is 413 g/mol. The van der Waals surface area contributed by atoms with Crippen molar-refractivity contribution >= 4 is 22.8 Å². The summed E-state index contributed by atoms with van der Waals surface area (Å²) >= 11 is 0. The van der Waals surface area contributed by atoms with Crippen LogP contribution in [0.3, 0.4) is 0 Å². The van der Waals surface area contributed by atoms with Crippen molar-refractivity contribution in [2.24, 2.45) is 5.10 Å². The van der Waals surface area contributed by atoms with E-state index in [1.54, 1.807) is 0 Å². The van der Waals surface area contributed by atoms with Crippen molar-refractivity contribution in [2.75, 3.05) is 23.0 Å². The highest BCUT2D eigenvalue weighted by Gasteiger charge is 2.11. The summed E-state index contributed by atoms with van der Waals surface area (Å²) in [6, 6.07) is 26.1. The van der Waals surface area contributed by atoms with E-state index in [0.717, 1.165) is 48.6 Å². The molecule has 0 N–H and O–H groups in total. The van der Waals surface area contributed by atoms with Crippen LogP contribution in [0.5, 0.6) is 0 Å². The Hall–Kier alpha value is -3.07. The van der Waals surface area contributed by atoms with Gasteiger partial charge in [0.15, 0.2) is 0 Å². The van der Waals surface area contributed by atoms with Crippen LogP contribution in [0.15, 0.2) is 77.9 Å². The zero-order valence-electron chi connectivity index (χ0n) is 19.6. The van der Waals surface area contributed by atoms with Crippen molar-refractivity contribution < 1.29 is 0 Å². The normalized spacial score (nSPS) is 11.5. The molecule has 0 bridgehead atoms. The Kier molecular flexibility index (Phi) is 7.88. The highest BCUT2D eigenvalue weighted by molar-refractivity contribution is 6.00. The summed E-state index contributed by atoms with van der Waals surface area (Å²) in [6.07, 6.45) is 2.07. The van der Waals surface area contributed by atoms with E-state index in [1.807, 2.05) is 5.01 Å². The fourth-order valence-corrected chi connectivity index (χ4v) is 3.72. The second-order valence-corrected chi connectivity index (χ2v) is 7.76. The minimum Gasteiger partial charge on any atom is -0.372 e.